The molecule has 0 aromatic carbocycles. The van der Waals surface area contributed by atoms with E-state index in [0.29, 0.717) is 6.42 Å². The average molecular weight is 446 g/mol. The number of primary amides is 1. The van der Waals surface area contributed by atoms with Crippen LogP contribution in [0.1, 0.15) is 47.0 Å². The van der Waals surface area contributed by atoms with E-state index in [2.05, 4.69) is 16.0 Å². The van der Waals surface area contributed by atoms with Crippen molar-refractivity contribution in [2.75, 3.05) is 6.61 Å². The van der Waals surface area contributed by atoms with Crippen LogP contribution in [0.4, 0.5) is 0 Å². The summed E-state index contributed by atoms with van der Waals surface area (Å²) in [4.78, 5) is 59.6. The lowest BCUT2D eigenvalue weighted by Crippen LogP contribution is -2.59. The maximum atomic E-state index is 12.7. The smallest absolute Gasteiger partial charge is 0.326 e. The molecule has 0 aliphatic heterocycles. The van der Waals surface area contributed by atoms with Gasteiger partial charge in [-0.1, -0.05) is 34.1 Å². The highest BCUT2D eigenvalue weighted by Gasteiger charge is 2.32. The molecule has 0 aromatic rings. The number of aliphatic carboxylic acids is 1. The van der Waals surface area contributed by atoms with Crippen molar-refractivity contribution in [3.8, 4) is 0 Å². The predicted octanol–water partition coefficient (Wildman–Crippen LogP) is -2.19. The highest BCUT2D eigenvalue weighted by atomic mass is 16.4. The van der Waals surface area contributed by atoms with Crippen molar-refractivity contribution < 1.29 is 34.2 Å². The Labute approximate surface area is 181 Å². The van der Waals surface area contributed by atoms with Crippen molar-refractivity contribution in [3.63, 3.8) is 0 Å². The Morgan fingerprint density at radius 3 is 1.87 bits per heavy atom. The zero-order valence-electron chi connectivity index (χ0n) is 18.4. The average Bonchev–Trinajstić information content (AvgIpc) is 2.67. The second-order valence-corrected chi connectivity index (χ2v) is 7.92. The highest BCUT2D eigenvalue weighted by Crippen LogP contribution is 2.10. The van der Waals surface area contributed by atoms with Crippen LogP contribution < -0.4 is 27.4 Å². The molecule has 0 saturated carbocycles. The molecule has 0 heterocycles. The highest BCUT2D eigenvalue weighted by molar-refractivity contribution is 5.95. The lowest BCUT2D eigenvalue weighted by molar-refractivity contribution is -0.143. The molecule has 31 heavy (non-hydrogen) atoms. The van der Waals surface area contributed by atoms with Crippen molar-refractivity contribution in [1.29, 1.82) is 0 Å². The second kappa shape index (κ2) is 13.5. The second-order valence-electron chi connectivity index (χ2n) is 7.92. The first-order chi connectivity index (χ1) is 14.3. The van der Waals surface area contributed by atoms with Crippen LogP contribution in [0.15, 0.2) is 0 Å². The Morgan fingerprint density at radius 2 is 1.45 bits per heavy atom. The van der Waals surface area contributed by atoms with Gasteiger partial charge in [0.25, 0.3) is 0 Å². The normalized spacial score (nSPS) is 15.8. The van der Waals surface area contributed by atoms with Crippen LogP contribution in [0.2, 0.25) is 0 Å². The minimum atomic E-state index is -1.43. The summed E-state index contributed by atoms with van der Waals surface area (Å²) in [6.45, 7) is 6.25. The zero-order valence-corrected chi connectivity index (χ0v) is 18.4. The Bertz CT molecular complexity index is 656. The summed E-state index contributed by atoms with van der Waals surface area (Å²) < 4.78 is 0. The Hall–Kier alpha value is -2.73. The Balaban J connectivity index is 5.30. The molecule has 0 aromatic heterocycles. The predicted molar refractivity (Wildman–Crippen MR) is 111 cm³/mol. The van der Waals surface area contributed by atoms with E-state index in [9.17, 15) is 34.2 Å². The van der Waals surface area contributed by atoms with Gasteiger partial charge in [0, 0.05) is 0 Å². The standard InChI is InChI=1S/C19H35N5O7/c1-5-10(4)15(24-16(27)11(20)7-14(21)26)18(29)23-13(8-25)17(28)22-12(19(30)31)6-9(2)3/h9-13,15,25H,5-8,20H2,1-4H3,(H2,21,26)(H,22,28)(H,23,29)(H,24,27)(H,30,31). The van der Waals surface area contributed by atoms with Crippen LogP contribution in [0, 0.1) is 11.8 Å². The molecule has 0 bridgehead atoms. The third-order valence-corrected chi connectivity index (χ3v) is 4.69. The molecule has 9 N–H and O–H groups in total. The first kappa shape index (κ1) is 28.3. The third kappa shape index (κ3) is 10.2. The van der Waals surface area contributed by atoms with Gasteiger partial charge in [-0.2, -0.15) is 0 Å². The van der Waals surface area contributed by atoms with E-state index in [0.717, 1.165) is 0 Å². The molecule has 5 unspecified atom stereocenters. The summed E-state index contributed by atoms with van der Waals surface area (Å²) in [6.07, 6.45) is 0.236. The molecular formula is C19H35N5O7. The van der Waals surface area contributed by atoms with Gasteiger partial charge in [0.05, 0.1) is 19.1 Å². The fourth-order valence-electron chi connectivity index (χ4n) is 2.69. The van der Waals surface area contributed by atoms with E-state index in [-0.39, 0.29) is 18.3 Å². The van der Waals surface area contributed by atoms with E-state index >= 15 is 0 Å². The van der Waals surface area contributed by atoms with Crippen molar-refractivity contribution in [1.82, 2.24) is 16.0 Å². The van der Waals surface area contributed by atoms with Crippen molar-refractivity contribution >= 4 is 29.6 Å². The van der Waals surface area contributed by atoms with Gasteiger partial charge in [-0.3, -0.25) is 19.2 Å². The summed E-state index contributed by atoms with van der Waals surface area (Å²) in [7, 11) is 0. The first-order valence-corrected chi connectivity index (χ1v) is 10.1. The molecular weight excluding hydrogens is 410 g/mol. The summed E-state index contributed by atoms with van der Waals surface area (Å²) in [5.74, 6) is -4.82. The number of nitrogens with one attached hydrogen (secondary N) is 3. The van der Waals surface area contributed by atoms with Crippen LogP contribution in [-0.2, 0) is 24.0 Å². The number of aliphatic hydroxyl groups is 1. The monoisotopic (exact) mass is 445 g/mol. The molecule has 0 radical (unpaired) electrons. The number of rotatable bonds is 14. The van der Waals surface area contributed by atoms with Crippen molar-refractivity contribution in [3.05, 3.63) is 0 Å². The molecule has 0 aliphatic carbocycles. The molecule has 0 spiro atoms. The first-order valence-electron chi connectivity index (χ1n) is 10.1. The maximum absolute atomic E-state index is 12.7. The van der Waals surface area contributed by atoms with Gasteiger partial charge < -0.3 is 37.6 Å². The van der Waals surface area contributed by atoms with Crippen molar-refractivity contribution in [2.24, 2.45) is 23.3 Å². The SMILES string of the molecule is CCC(C)C(NC(=O)C(N)CC(N)=O)C(=O)NC(CO)C(=O)NC(CC(C)C)C(=O)O. The van der Waals surface area contributed by atoms with Gasteiger partial charge in [0.1, 0.15) is 18.1 Å². The molecule has 12 nitrogen and oxygen atoms in total. The van der Waals surface area contributed by atoms with E-state index in [1.165, 1.54) is 0 Å². The number of hydrogen-bond donors (Lipinski definition) is 7. The van der Waals surface area contributed by atoms with E-state index in [4.69, 9.17) is 11.5 Å². The van der Waals surface area contributed by atoms with Gasteiger partial charge in [-0.25, -0.2) is 4.79 Å². The molecule has 0 saturated heterocycles. The fraction of sp³-hybridized carbons (Fsp3) is 0.737. The number of carbonyl (C=O) groups is 5. The summed E-state index contributed by atoms with van der Waals surface area (Å²) in [6, 6.07) is -4.97. The number of carboxylic acid groups (broad SMARTS) is 1. The van der Waals surface area contributed by atoms with Crippen LogP contribution in [0.3, 0.4) is 0 Å². The number of hydrogen-bond acceptors (Lipinski definition) is 7. The van der Waals surface area contributed by atoms with Crippen LogP contribution in [-0.4, -0.2) is 70.6 Å². The van der Waals surface area contributed by atoms with Gasteiger partial charge in [0.2, 0.25) is 23.6 Å². The summed E-state index contributed by atoms with van der Waals surface area (Å²) in [5.41, 5.74) is 10.6. The van der Waals surface area contributed by atoms with E-state index < -0.39 is 66.8 Å². The Kier molecular flexibility index (Phi) is 12.4. The molecule has 4 amide bonds. The van der Waals surface area contributed by atoms with Gasteiger partial charge in [0.15, 0.2) is 0 Å². The summed E-state index contributed by atoms with van der Waals surface area (Å²) >= 11 is 0. The molecule has 5 atom stereocenters. The third-order valence-electron chi connectivity index (χ3n) is 4.69. The van der Waals surface area contributed by atoms with Gasteiger partial charge in [-0.15, -0.1) is 0 Å². The topological polar surface area (TPSA) is 214 Å². The molecule has 12 heteroatoms. The Morgan fingerprint density at radius 1 is 0.903 bits per heavy atom. The molecule has 0 fully saturated rings. The largest absolute Gasteiger partial charge is 0.480 e. The molecule has 178 valence electrons. The lowest BCUT2D eigenvalue weighted by Gasteiger charge is -2.27. The van der Waals surface area contributed by atoms with E-state index in [1.807, 2.05) is 0 Å². The number of nitrogens with two attached hydrogens (primary N) is 2. The zero-order chi connectivity index (χ0) is 24.3. The van der Waals surface area contributed by atoms with Gasteiger partial charge in [-0.05, 0) is 18.3 Å². The minimum Gasteiger partial charge on any atom is -0.480 e. The number of carbonyl (C=O) groups excluding carboxylic acids is 4. The van der Waals surface area contributed by atoms with Crippen LogP contribution in [0.5, 0.6) is 0 Å². The summed E-state index contributed by atoms with van der Waals surface area (Å²) in [5, 5.41) is 25.9. The number of amides is 4. The van der Waals surface area contributed by atoms with Crippen LogP contribution >= 0.6 is 0 Å². The van der Waals surface area contributed by atoms with Crippen molar-refractivity contribution in [2.45, 2.75) is 71.1 Å². The number of aliphatic hydroxyl groups excluding tert-OH is 1. The quantitative estimate of drug-likeness (QED) is 0.155. The molecule has 0 aliphatic rings. The molecule has 0 rings (SSSR count). The van der Waals surface area contributed by atoms with Gasteiger partial charge >= 0.3 is 5.97 Å². The fourth-order valence-corrected chi connectivity index (χ4v) is 2.69. The lowest BCUT2D eigenvalue weighted by atomic mass is 9.97. The number of carboxylic acids is 1. The van der Waals surface area contributed by atoms with Crippen LogP contribution in [0.25, 0.3) is 0 Å². The maximum Gasteiger partial charge on any atom is 0.326 e. The van der Waals surface area contributed by atoms with E-state index in [1.54, 1.807) is 27.7 Å². The minimum absolute atomic E-state index is 0.0156.